The lowest BCUT2D eigenvalue weighted by atomic mass is 10.1. The highest BCUT2D eigenvalue weighted by Crippen LogP contribution is 2.35. The van der Waals surface area contributed by atoms with Crippen LogP contribution in [0.1, 0.15) is 11.1 Å². The highest BCUT2D eigenvalue weighted by Gasteiger charge is 2.31. The molecule has 7 heteroatoms. The fourth-order valence-corrected chi connectivity index (χ4v) is 3.33. The Bertz CT molecular complexity index is 929. The third-order valence-electron chi connectivity index (χ3n) is 4.15. The van der Waals surface area contributed by atoms with Crippen LogP contribution in [0.25, 0.3) is 6.08 Å². The van der Waals surface area contributed by atoms with E-state index >= 15 is 0 Å². The highest BCUT2D eigenvalue weighted by molar-refractivity contribution is 7.80. The zero-order valence-electron chi connectivity index (χ0n) is 13.7. The van der Waals surface area contributed by atoms with Crippen LogP contribution in [-0.4, -0.2) is 29.1 Å². The number of hydrogen-bond acceptors (Lipinski definition) is 4. The van der Waals surface area contributed by atoms with E-state index in [0.29, 0.717) is 47.1 Å². The monoisotopic (exact) mass is 386 g/mol. The fraction of sp³-hybridized carbons (Fsp3) is 0.158. The summed E-state index contributed by atoms with van der Waals surface area (Å²) in [6, 6.07) is 13.0. The van der Waals surface area contributed by atoms with E-state index in [1.165, 1.54) is 4.90 Å². The maximum absolute atomic E-state index is 12.8. The average molecular weight is 387 g/mol. The Morgan fingerprint density at radius 1 is 1.15 bits per heavy atom. The van der Waals surface area contributed by atoms with Gasteiger partial charge in [0.1, 0.15) is 18.9 Å². The molecular formula is C19H15ClN2O3S. The molecule has 2 aromatic carbocycles. The van der Waals surface area contributed by atoms with Crippen molar-refractivity contribution >= 4 is 40.9 Å². The second kappa shape index (κ2) is 6.97. The van der Waals surface area contributed by atoms with E-state index in [0.717, 1.165) is 11.1 Å². The number of carbonyl (C=O) groups is 1. The van der Waals surface area contributed by atoms with Crippen LogP contribution in [-0.2, 0) is 11.3 Å². The molecule has 26 heavy (non-hydrogen) atoms. The molecular weight excluding hydrogens is 372 g/mol. The zero-order valence-corrected chi connectivity index (χ0v) is 15.3. The van der Waals surface area contributed by atoms with Crippen LogP contribution in [0.5, 0.6) is 11.5 Å². The van der Waals surface area contributed by atoms with Crippen molar-refractivity contribution in [1.29, 1.82) is 0 Å². The van der Waals surface area contributed by atoms with Crippen molar-refractivity contribution in [2.45, 2.75) is 6.54 Å². The summed E-state index contributed by atoms with van der Waals surface area (Å²) in [5, 5.41) is 3.93. The van der Waals surface area contributed by atoms with E-state index in [9.17, 15) is 4.79 Å². The van der Waals surface area contributed by atoms with Gasteiger partial charge in [0.25, 0.3) is 5.91 Å². The fourth-order valence-electron chi connectivity index (χ4n) is 2.88. The van der Waals surface area contributed by atoms with Crippen LogP contribution >= 0.6 is 23.8 Å². The molecule has 0 radical (unpaired) electrons. The van der Waals surface area contributed by atoms with Gasteiger partial charge >= 0.3 is 0 Å². The molecule has 1 saturated heterocycles. The van der Waals surface area contributed by atoms with Crippen LogP contribution < -0.4 is 14.8 Å². The van der Waals surface area contributed by atoms with Gasteiger partial charge in [-0.15, -0.1) is 0 Å². The lowest BCUT2D eigenvalue weighted by Crippen LogP contribution is -2.30. The first kappa shape index (κ1) is 16.9. The molecule has 0 aromatic heterocycles. The summed E-state index contributed by atoms with van der Waals surface area (Å²) in [4.78, 5) is 14.3. The van der Waals surface area contributed by atoms with Crippen molar-refractivity contribution in [3.63, 3.8) is 0 Å². The summed E-state index contributed by atoms with van der Waals surface area (Å²) in [7, 11) is 0. The first-order valence-corrected chi connectivity index (χ1v) is 8.88. The van der Waals surface area contributed by atoms with E-state index in [1.807, 2.05) is 36.4 Å². The molecule has 132 valence electrons. The van der Waals surface area contributed by atoms with Gasteiger partial charge in [-0.25, -0.2) is 0 Å². The average Bonchev–Trinajstić information content (AvgIpc) is 2.91. The van der Waals surface area contributed by atoms with Gasteiger partial charge in [-0.1, -0.05) is 41.9 Å². The first-order chi connectivity index (χ1) is 12.6. The van der Waals surface area contributed by atoms with E-state index in [1.54, 1.807) is 12.1 Å². The maximum Gasteiger partial charge on any atom is 0.276 e. The number of ether oxygens (including phenoxy) is 2. The number of halogens is 1. The Morgan fingerprint density at radius 3 is 2.81 bits per heavy atom. The number of fused-ring (bicyclic) bond motifs is 1. The minimum absolute atomic E-state index is 0.204. The van der Waals surface area contributed by atoms with Gasteiger partial charge in [-0.3, -0.25) is 9.69 Å². The molecule has 0 aliphatic carbocycles. The van der Waals surface area contributed by atoms with Gasteiger partial charge in [0.2, 0.25) is 0 Å². The van der Waals surface area contributed by atoms with E-state index in [4.69, 9.17) is 33.3 Å². The molecule has 5 nitrogen and oxygen atoms in total. The number of hydrogen-bond donors (Lipinski definition) is 1. The maximum atomic E-state index is 12.8. The molecule has 0 spiro atoms. The van der Waals surface area contributed by atoms with Crippen molar-refractivity contribution in [3.05, 3.63) is 64.3 Å². The normalized spacial score (nSPS) is 17.6. The molecule has 1 amide bonds. The number of carbonyl (C=O) groups excluding carboxylic acids is 1. The minimum Gasteiger partial charge on any atom is -0.486 e. The van der Waals surface area contributed by atoms with Crippen molar-refractivity contribution in [2.24, 2.45) is 0 Å². The smallest absolute Gasteiger partial charge is 0.276 e. The quantitative estimate of drug-likeness (QED) is 0.647. The molecule has 0 bridgehead atoms. The molecule has 2 heterocycles. The standard InChI is InChI=1S/C19H15ClN2O3S/c20-14-6-2-1-4-13(14)11-22-18(23)15(21-19(22)26)10-12-5-3-7-16-17(12)25-9-8-24-16/h1-7,10H,8-9,11H2,(H,21,26)/b15-10+. The van der Waals surface area contributed by atoms with E-state index in [-0.39, 0.29) is 5.91 Å². The molecule has 0 unspecified atom stereocenters. The molecule has 1 N–H and O–H groups in total. The van der Waals surface area contributed by atoms with Crippen LogP contribution in [0, 0.1) is 0 Å². The Balaban J connectivity index is 1.62. The molecule has 2 aliphatic heterocycles. The third kappa shape index (κ3) is 3.13. The number of amides is 1. The van der Waals surface area contributed by atoms with Crippen molar-refractivity contribution in [3.8, 4) is 11.5 Å². The Kier molecular flexibility index (Phi) is 4.53. The summed E-state index contributed by atoms with van der Waals surface area (Å²) in [6.45, 7) is 1.31. The van der Waals surface area contributed by atoms with E-state index in [2.05, 4.69) is 5.32 Å². The van der Waals surface area contributed by atoms with Crippen LogP contribution in [0.3, 0.4) is 0 Å². The van der Waals surface area contributed by atoms with Gasteiger partial charge in [-0.05, 0) is 36.0 Å². The third-order valence-corrected chi connectivity index (χ3v) is 4.84. The summed E-state index contributed by atoms with van der Waals surface area (Å²) in [6.07, 6.45) is 1.73. The van der Waals surface area contributed by atoms with Gasteiger partial charge in [0.15, 0.2) is 16.6 Å². The SMILES string of the molecule is O=C1/C(=C\c2cccc3c2OCCO3)NC(=S)N1Cc1ccccc1Cl. The Morgan fingerprint density at radius 2 is 1.96 bits per heavy atom. The summed E-state index contributed by atoms with van der Waals surface area (Å²) in [5.74, 6) is 1.10. The Hall–Kier alpha value is -2.57. The predicted octanol–water partition coefficient (Wildman–Crippen LogP) is 3.37. The van der Waals surface area contributed by atoms with Crippen LogP contribution in [0.2, 0.25) is 5.02 Å². The van der Waals surface area contributed by atoms with Crippen molar-refractivity contribution < 1.29 is 14.3 Å². The molecule has 0 saturated carbocycles. The largest absolute Gasteiger partial charge is 0.486 e. The number of nitrogens with zero attached hydrogens (tertiary/aromatic N) is 1. The molecule has 2 aromatic rings. The van der Waals surface area contributed by atoms with Gasteiger partial charge in [0.05, 0.1) is 6.54 Å². The van der Waals surface area contributed by atoms with Gasteiger partial charge in [0, 0.05) is 10.6 Å². The van der Waals surface area contributed by atoms with E-state index < -0.39 is 0 Å². The van der Waals surface area contributed by atoms with Crippen LogP contribution in [0.15, 0.2) is 48.2 Å². The molecule has 2 aliphatic rings. The second-order valence-electron chi connectivity index (χ2n) is 5.84. The summed E-state index contributed by atoms with van der Waals surface area (Å²) in [5.41, 5.74) is 1.99. The zero-order chi connectivity index (χ0) is 18.1. The minimum atomic E-state index is -0.204. The van der Waals surface area contributed by atoms with Gasteiger partial charge in [-0.2, -0.15) is 0 Å². The second-order valence-corrected chi connectivity index (χ2v) is 6.64. The number of benzene rings is 2. The number of para-hydroxylation sites is 1. The first-order valence-electron chi connectivity index (χ1n) is 8.10. The number of nitrogens with one attached hydrogen (secondary N) is 1. The lowest BCUT2D eigenvalue weighted by molar-refractivity contribution is -0.122. The highest BCUT2D eigenvalue weighted by atomic mass is 35.5. The van der Waals surface area contributed by atoms with Crippen molar-refractivity contribution in [1.82, 2.24) is 10.2 Å². The molecule has 4 rings (SSSR count). The van der Waals surface area contributed by atoms with Gasteiger partial charge < -0.3 is 14.8 Å². The molecule has 1 fully saturated rings. The van der Waals surface area contributed by atoms with Crippen molar-refractivity contribution in [2.75, 3.05) is 13.2 Å². The number of thiocarbonyl (C=S) groups is 1. The summed E-state index contributed by atoms with van der Waals surface area (Å²) >= 11 is 11.5. The number of rotatable bonds is 3. The molecule has 0 atom stereocenters. The Labute approximate surface area is 161 Å². The lowest BCUT2D eigenvalue weighted by Gasteiger charge is -2.19. The summed E-state index contributed by atoms with van der Waals surface area (Å²) < 4.78 is 11.3. The topological polar surface area (TPSA) is 50.8 Å². The van der Waals surface area contributed by atoms with Crippen LogP contribution in [0.4, 0.5) is 0 Å². The predicted molar refractivity (Wildman–Crippen MR) is 103 cm³/mol.